The zero-order valence-electron chi connectivity index (χ0n) is 20.6. The summed E-state index contributed by atoms with van der Waals surface area (Å²) in [5.74, 6) is -0.737. The van der Waals surface area contributed by atoms with Crippen LogP contribution in [0.5, 0.6) is 0 Å². The highest BCUT2D eigenvalue weighted by Crippen LogP contribution is 2.25. The highest BCUT2D eigenvalue weighted by Gasteiger charge is 2.30. The zero-order valence-corrected chi connectivity index (χ0v) is 23.0. The lowest BCUT2D eigenvalue weighted by atomic mass is 10.1. The maximum atomic E-state index is 13.5. The molecule has 0 saturated carbocycles. The second-order valence-corrected chi connectivity index (χ2v) is 11.5. The maximum Gasteiger partial charge on any atom is 0.244 e. The molecule has 1 N–H and O–H groups in total. The van der Waals surface area contributed by atoms with E-state index in [9.17, 15) is 18.0 Å². The van der Waals surface area contributed by atoms with E-state index in [0.717, 1.165) is 38.1 Å². The Morgan fingerprint density at radius 1 is 1.06 bits per heavy atom. The van der Waals surface area contributed by atoms with Gasteiger partial charge >= 0.3 is 0 Å². The summed E-state index contributed by atoms with van der Waals surface area (Å²) >= 11 is 3.42. The van der Waals surface area contributed by atoms with Gasteiger partial charge in [0, 0.05) is 17.1 Å². The zero-order chi connectivity index (χ0) is 25.6. The molecule has 9 heteroatoms. The van der Waals surface area contributed by atoms with Gasteiger partial charge in [-0.1, -0.05) is 52.7 Å². The smallest absolute Gasteiger partial charge is 0.244 e. The second-order valence-electron chi connectivity index (χ2n) is 8.70. The minimum absolute atomic E-state index is 0.0375. The van der Waals surface area contributed by atoms with Crippen LogP contribution in [0.1, 0.15) is 43.9 Å². The van der Waals surface area contributed by atoms with Gasteiger partial charge in [0.2, 0.25) is 21.8 Å². The lowest BCUT2D eigenvalue weighted by molar-refractivity contribution is -0.139. The minimum atomic E-state index is -3.75. The summed E-state index contributed by atoms with van der Waals surface area (Å²) in [7, 11) is -3.75. The van der Waals surface area contributed by atoms with Crippen LogP contribution >= 0.6 is 15.9 Å². The number of carbonyl (C=O) groups is 2. The Bertz CT molecular complexity index is 1120. The minimum Gasteiger partial charge on any atom is -0.352 e. The summed E-state index contributed by atoms with van der Waals surface area (Å²) in [5, 5.41) is 2.92. The lowest BCUT2D eigenvalue weighted by Gasteiger charge is -2.32. The normalized spacial score (nSPS) is 13.1. The first kappa shape index (κ1) is 27.9. The fourth-order valence-corrected chi connectivity index (χ4v) is 4.42. The van der Waals surface area contributed by atoms with Crippen LogP contribution in [0.3, 0.4) is 0 Å². The summed E-state index contributed by atoms with van der Waals surface area (Å²) in [4.78, 5) is 27.9. The molecule has 0 saturated heterocycles. The van der Waals surface area contributed by atoms with Crippen LogP contribution in [0.25, 0.3) is 0 Å². The van der Waals surface area contributed by atoms with Gasteiger partial charge in [-0.15, -0.1) is 0 Å². The first-order chi connectivity index (χ1) is 15.8. The number of rotatable bonds is 10. The standard InChI is InChI=1S/C25H34BrN3O4S/c1-7-19(4)27-25(31)20(5)28(15-21-10-8-17(2)9-11-21)24(30)16-29(34(6,32)33)22-12-13-23(26)18(3)14-22/h8-14,19-20H,7,15-16H2,1-6H3,(H,27,31)/t19-,20+/m0/s1. The van der Waals surface area contributed by atoms with E-state index in [2.05, 4.69) is 21.2 Å². The van der Waals surface area contributed by atoms with E-state index in [-0.39, 0.29) is 18.5 Å². The van der Waals surface area contributed by atoms with Crippen LogP contribution in [-0.4, -0.2) is 50.0 Å². The number of sulfonamides is 1. The van der Waals surface area contributed by atoms with Crippen LogP contribution in [0.15, 0.2) is 46.9 Å². The van der Waals surface area contributed by atoms with E-state index in [0.29, 0.717) is 5.69 Å². The molecule has 186 valence electrons. The van der Waals surface area contributed by atoms with Crippen molar-refractivity contribution in [1.82, 2.24) is 10.2 Å². The molecule has 2 atom stereocenters. The van der Waals surface area contributed by atoms with E-state index in [1.54, 1.807) is 25.1 Å². The van der Waals surface area contributed by atoms with E-state index in [1.807, 2.05) is 52.0 Å². The molecule has 34 heavy (non-hydrogen) atoms. The molecule has 2 rings (SSSR count). The lowest BCUT2D eigenvalue weighted by Crippen LogP contribution is -2.52. The van der Waals surface area contributed by atoms with Crippen LogP contribution in [0, 0.1) is 13.8 Å². The number of nitrogens with zero attached hydrogens (tertiary/aromatic N) is 2. The Labute approximate surface area is 211 Å². The molecule has 0 spiro atoms. The molecular weight excluding hydrogens is 518 g/mol. The number of anilines is 1. The largest absolute Gasteiger partial charge is 0.352 e. The Morgan fingerprint density at radius 2 is 1.68 bits per heavy atom. The van der Waals surface area contributed by atoms with Crippen LogP contribution in [0.4, 0.5) is 5.69 Å². The van der Waals surface area contributed by atoms with E-state index in [4.69, 9.17) is 0 Å². The number of benzene rings is 2. The molecule has 2 aromatic carbocycles. The number of nitrogens with one attached hydrogen (secondary N) is 1. The monoisotopic (exact) mass is 551 g/mol. The van der Waals surface area contributed by atoms with Gasteiger partial charge in [-0.3, -0.25) is 13.9 Å². The van der Waals surface area contributed by atoms with Crippen molar-refractivity contribution in [2.45, 2.75) is 59.7 Å². The SMILES string of the molecule is CC[C@H](C)NC(=O)[C@@H](C)N(Cc1ccc(C)cc1)C(=O)CN(c1ccc(Br)c(C)c1)S(C)(=O)=O. The summed E-state index contributed by atoms with van der Waals surface area (Å²) in [6.45, 7) is 9.13. The molecule has 0 unspecified atom stereocenters. The summed E-state index contributed by atoms with van der Waals surface area (Å²) in [6, 6.07) is 12.0. The van der Waals surface area contributed by atoms with Crippen molar-refractivity contribution < 1.29 is 18.0 Å². The molecule has 0 aromatic heterocycles. The Balaban J connectivity index is 2.39. The predicted molar refractivity (Wildman–Crippen MR) is 140 cm³/mol. The number of aryl methyl sites for hydroxylation is 2. The molecular formula is C25H34BrN3O4S. The molecule has 0 heterocycles. The van der Waals surface area contributed by atoms with Gasteiger partial charge in [0.25, 0.3) is 0 Å². The van der Waals surface area contributed by atoms with Crippen LogP contribution in [-0.2, 0) is 26.2 Å². The van der Waals surface area contributed by atoms with Gasteiger partial charge in [0.15, 0.2) is 0 Å². The van der Waals surface area contributed by atoms with Crippen molar-refractivity contribution in [2.75, 3.05) is 17.1 Å². The molecule has 0 radical (unpaired) electrons. The fourth-order valence-electron chi connectivity index (χ4n) is 3.34. The fraction of sp³-hybridized carbons (Fsp3) is 0.440. The molecule has 2 amide bonds. The summed E-state index contributed by atoms with van der Waals surface area (Å²) < 4.78 is 27.2. The third kappa shape index (κ3) is 7.56. The third-order valence-electron chi connectivity index (χ3n) is 5.75. The van der Waals surface area contributed by atoms with Crippen molar-refractivity contribution in [3.8, 4) is 0 Å². The topological polar surface area (TPSA) is 86.8 Å². The average molecular weight is 553 g/mol. The number of halogens is 1. The van der Waals surface area contributed by atoms with Crippen molar-refractivity contribution in [2.24, 2.45) is 0 Å². The number of hydrogen-bond donors (Lipinski definition) is 1. The van der Waals surface area contributed by atoms with E-state index in [1.165, 1.54) is 4.90 Å². The van der Waals surface area contributed by atoms with E-state index >= 15 is 0 Å². The first-order valence-electron chi connectivity index (χ1n) is 11.2. The Kier molecular flexibility index (Phi) is 9.70. The van der Waals surface area contributed by atoms with Crippen LogP contribution in [0.2, 0.25) is 0 Å². The van der Waals surface area contributed by atoms with Gasteiger partial charge in [0.1, 0.15) is 12.6 Å². The van der Waals surface area contributed by atoms with Crippen molar-refractivity contribution >= 4 is 43.5 Å². The number of amides is 2. The highest BCUT2D eigenvalue weighted by atomic mass is 79.9. The first-order valence-corrected chi connectivity index (χ1v) is 13.9. The molecule has 0 aliphatic rings. The van der Waals surface area contributed by atoms with Crippen molar-refractivity contribution in [3.05, 3.63) is 63.6 Å². The summed E-state index contributed by atoms with van der Waals surface area (Å²) in [6.07, 6.45) is 1.83. The van der Waals surface area contributed by atoms with Gasteiger partial charge < -0.3 is 10.2 Å². The van der Waals surface area contributed by atoms with Crippen molar-refractivity contribution in [1.29, 1.82) is 0 Å². The van der Waals surface area contributed by atoms with Gasteiger partial charge in [-0.25, -0.2) is 8.42 Å². The average Bonchev–Trinajstić information content (AvgIpc) is 2.77. The molecule has 0 aliphatic carbocycles. The number of hydrogen-bond acceptors (Lipinski definition) is 4. The highest BCUT2D eigenvalue weighted by molar-refractivity contribution is 9.10. The van der Waals surface area contributed by atoms with Gasteiger partial charge in [-0.05, 0) is 63.4 Å². The molecule has 2 aromatic rings. The molecule has 0 fully saturated rings. The van der Waals surface area contributed by atoms with E-state index < -0.39 is 28.5 Å². The number of carbonyl (C=O) groups excluding carboxylic acids is 2. The predicted octanol–water partition coefficient (Wildman–Crippen LogP) is 4.16. The Hall–Kier alpha value is -2.39. The van der Waals surface area contributed by atoms with Crippen molar-refractivity contribution in [3.63, 3.8) is 0 Å². The Morgan fingerprint density at radius 3 is 2.21 bits per heavy atom. The summed E-state index contributed by atoms with van der Waals surface area (Å²) in [5.41, 5.74) is 3.17. The second kappa shape index (κ2) is 11.8. The molecule has 7 nitrogen and oxygen atoms in total. The maximum absolute atomic E-state index is 13.5. The van der Waals surface area contributed by atoms with Gasteiger partial charge in [-0.2, -0.15) is 0 Å². The van der Waals surface area contributed by atoms with Gasteiger partial charge in [0.05, 0.1) is 11.9 Å². The quantitative estimate of drug-likeness (QED) is 0.480. The third-order valence-corrected chi connectivity index (χ3v) is 7.78. The van der Waals surface area contributed by atoms with Crippen LogP contribution < -0.4 is 9.62 Å². The molecule has 0 aliphatic heterocycles. The molecule has 0 bridgehead atoms.